The number of hydrogen-bond acceptors (Lipinski definition) is 2. The SMILES string of the molecule is CC1(C)CC(NCCCN2CCCC2)CC(C)(C)C1. The van der Waals surface area contributed by atoms with Gasteiger partial charge in [-0.1, -0.05) is 27.7 Å². The van der Waals surface area contributed by atoms with Crippen molar-refractivity contribution >= 4 is 0 Å². The minimum atomic E-state index is 0.508. The summed E-state index contributed by atoms with van der Waals surface area (Å²) in [6.45, 7) is 14.9. The van der Waals surface area contributed by atoms with Crippen molar-refractivity contribution in [3.05, 3.63) is 0 Å². The van der Waals surface area contributed by atoms with Gasteiger partial charge in [0.05, 0.1) is 0 Å². The van der Waals surface area contributed by atoms with Gasteiger partial charge in [0, 0.05) is 6.04 Å². The summed E-state index contributed by atoms with van der Waals surface area (Å²) in [5.74, 6) is 0. The minimum absolute atomic E-state index is 0.508. The Morgan fingerprint density at radius 1 is 1.00 bits per heavy atom. The van der Waals surface area contributed by atoms with Crippen molar-refractivity contribution in [2.24, 2.45) is 10.8 Å². The maximum atomic E-state index is 3.83. The number of hydrogen-bond donors (Lipinski definition) is 1. The molecule has 0 spiro atoms. The Bertz CT molecular complexity index is 261. The van der Waals surface area contributed by atoms with Crippen molar-refractivity contribution < 1.29 is 0 Å². The summed E-state index contributed by atoms with van der Waals surface area (Å²) in [6.07, 6.45) is 8.21. The van der Waals surface area contributed by atoms with E-state index in [1.54, 1.807) is 0 Å². The maximum absolute atomic E-state index is 3.83. The van der Waals surface area contributed by atoms with E-state index in [-0.39, 0.29) is 0 Å². The second-order valence-electron chi connectivity index (χ2n) is 8.47. The van der Waals surface area contributed by atoms with Gasteiger partial charge in [-0.3, -0.25) is 0 Å². The van der Waals surface area contributed by atoms with Gasteiger partial charge in [-0.2, -0.15) is 0 Å². The molecular formula is C17H34N2. The first-order valence-electron chi connectivity index (χ1n) is 8.32. The largest absolute Gasteiger partial charge is 0.314 e. The Hall–Kier alpha value is -0.0800. The molecule has 1 saturated heterocycles. The Morgan fingerprint density at radius 2 is 1.58 bits per heavy atom. The summed E-state index contributed by atoms with van der Waals surface area (Å²) in [5.41, 5.74) is 1.02. The average molecular weight is 266 g/mol. The fourth-order valence-corrected chi connectivity index (χ4v) is 4.61. The standard InChI is InChI=1S/C17H34N2/c1-16(2)12-15(13-17(3,4)14-16)18-8-7-11-19-9-5-6-10-19/h15,18H,5-14H2,1-4H3. The molecule has 2 aliphatic rings. The third kappa shape index (κ3) is 5.07. The Labute approximate surface area is 120 Å². The lowest BCUT2D eigenvalue weighted by Crippen LogP contribution is -2.44. The predicted molar refractivity (Wildman–Crippen MR) is 83.5 cm³/mol. The predicted octanol–water partition coefficient (Wildman–Crippen LogP) is 3.67. The van der Waals surface area contributed by atoms with Crippen molar-refractivity contribution in [2.45, 2.75) is 72.3 Å². The van der Waals surface area contributed by atoms with Crippen molar-refractivity contribution in [1.29, 1.82) is 0 Å². The van der Waals surface area contributed by atoms with Crippen LogP contribution >= 0.6 is 0 Å². The van der Waals surface area contributed by atoms with E-state index in [9.17, 15) is 0 Å². The van der Waals surface area contributed by atoms with E-state index >= 15 is 0 Å². The summed E-state index contributed by atoms with van der Waals surface area (Å²) in [5, 5.41) is 3.83. The monoisotopic (exact) mass is 266 g/mol. The molecule has 2 rings (SSSR count). The Morgan fingerprint density at radius 3 is 2.16 bits per heavy atom. The van der Waals surface area contributed by atoms with E-state index in [0.717, 1.165) is 6.04 Å². The highest BCUT2D eigenvalue weighted by molar-refractivity contribution is 4.92. The van der Waals surface area contributed by atoms with E-state index in [2.05, 4.69) is 37.9 Å². The summed E-state index contributed by atoms with van der Waals surface area (Å²) >= 11 is 0. The zero-order valence-electron chi connectivity index (χ0n) is 13.6. The van der Waals surface area contributed by atoms with Gasteiger partial charge in [-0.25, -0.2) is 0 Å². The summed E-state index contributed by atoms with van der Waals surface area (Å²) in [4.78, 5) is 2.62. The van der Waals surface area contributed by atoms with E-state index in [4.69, 9.17) is 0 Å². The molecule has 0 amide bonds. The topological polar surface area (TPSA) is 15.3 Å². The zero-order valence-corrected chi connectivity index (χ0v) is 13.6. The van der Waals surface area contributed by atoms with Gasteiger partial charge >= 0.3 is 0 Å². The molecule has 0 unspecified atom stereocenters. The molecule has 0 bridgehead atoms. The van der Waals surface area contributed by atoms with Crippen LogP contribution in [0.2, 0.25) is 0 Å². The fraction of sp³-hybridized carbons (Fsp3) is 1.00. The van der Waals surface area contributed by atoms with Crippen molar-refractivity contribution in [2.75, 3.05) is 26.2 Å². The molecule has 2 nitrogen and oxygen atoms in total. The van der Waals surface area contributed by atoms with Crippen molar-refractivity contribution in [3.63, 3.8) is 0 Å². The van der Waals surface area contributed by atoms with E-state index < -0.39 is 0 Å². The van der Waals surface area contributed by atoms with E-state index in [1.807, 2.05) is 0 Å². The van der Waals surface area contributed by atoms with Crippen LogP contribution in [0.15, 0.2) is 0 Å². The van der Waals surface area contributed by atoms with Crippen LogP contribution in [0.1, 0.15) is 66.2 Å². The molecule has 1 aliphatic heterocycles. The molecule has 2 fully saturated rings. The second-order valence-corrected chi connectivity index (χ2v) is 8.47. The number of likely N-dealkylation sites (tertiary alicyclic amines) is 1. The second kappa shape index (κ2) is 6.13. The molecule has 1 N–H and O–H groups in total. The van der Waals surface area contributed by atoms with E-state index in [0.29, 0.717) is 10.8 Å². The lowest BCUT2D eigenvalue weighted by Gasteiger charge is -2.45. The Kier molecular flexibility index (Phi) is 4.94. The lowest BCUT2D eigenvalue weighted by atomic mass is 9.63. The van der Waals surface area contributed by atoms with Crippen LogP contribution in [0.25, 0.3) is 0 Å². The molecule has 19 heavy (non-hydrogen) atoms. The quantitative estimate of drug-likeness (QED) is 0.764. The molecule has 0 aromatic heterocycles. The molecule has 1 saturated carbocycles. The van der Waals surface area contributed by atoms with Crippen LogP contribution in [0.3, 0.4) is 0 Å². The highest BCUT2D eigenvalue weighted by Crippen LogP contribution is 2.45. The molecule has 0 radical (unpaired) electrons. The van der Waals surface area contributed by atoms with Gasteiger partial charge in [0.15, 0.2) is 0 Å². The number of nitrogens with zero attached hydrogens (tertiary/aromatic N) is 1. The van der Waals surface area contributed by atoms with Gasteiger partial charge in [0.2, 0.25) is 0 Å². The molecular weight excluding hydrogens is 232 g/mol. The first-order valence-corrected chi connectivity index (χ1v) is 8.32. The highest BCUT2D eigenvalue weighted by atomic mass is 15.1. The van der Waals surface area contributed by atoms with Crippen LogP contribution in [-0.4, -0.2) is 37.1 Å². The minimum Gasteiger partial charge on any atom is -0.314 e. The van der Waals surface area contributed by atoms with Crippen LogP contribution < -0.4 is 5.32 Å². The Balaban J connectivity index is 1.67. The van der Waals surface area contributed by atoms with Crippen LogP contribution in [0, 0.1) is 10.8 Å². The molecule has 112 valence electrons. The first-order chi connectivity index (χ1) is 8.86. The smallest absolute Gasteiger partial charge is 0.00772 e. The van der Waals surface area contributed by atoms with Crippen LogP contribution in [0.4, 0.5) is 0 Å². The fourth-order valence-electron chi connectivity index (χ4n) is 4.61. The van der Waals surface area contributed by atoms with Crippen LogP contribution in [-0.2, 0) is 0 Å². The summed E-state index contributed by atoms with van der Waals surface area (Å²) in [6, 6.07) is 0.734. The normalized spacial score (nSPS) is 27.8. The molecule has 1 aliphatic carbocycles. The van der Waals surface area contributed by atoms with Gasteiger partial charge in [-0.05, 0) is 75.5 Å². The first kappa shape index (κ1) is 15.3. The number of rotatable bonds is 5. The number of nitrogens with one attached hydrogen (secondary N) is 1. The molecule has 1 heterocycles. The summed E-state index contributed by atoms with van der Waals surface area (Å²) in [7, 11) is 0. The van der Waals surface area contributed by atoms with Gasteiger partial charge in [0.25, 0.3) is 0 Å². The van der Waals surface area contributed by atoms with Gasteiger partial charge in [-0.15, -0.1) is 0 Å². The summed E-state index contributed by atoms with van der Waals surface area (Å²) < 4.78 is 0. The van der Waals surface area contributed by atoms with Crippen LogP contribution in [0.5, 0.6) is 0 Å². The third-order valence-corrected chi connectivity index (χ3v) is 4.84. The highest BCUT2D eigenvalue weighted by Gasteiger charge is 2.37. The molecule has 0 aromatic carbocycles. The van der Waals surface area contributed by atoms with Gasteiger partial charge in [0.1, 0.15) is 0 Å². The van der Waals surface area contributed by atoms with Gasteiger partial charge < -0.3 is 10.2 Å². The zero-order chi connectivity index (χ0) is 13.9. The lowest BCUT2D eigenvalue weighted by molar-refractivity contribution is 0.0848. The molecule has 0 aromatic rings. The van der Waals surface area contributed by atoms with Crippen molar-refractivity contribution in [3.8, 4) is 0 Å². The van der Waals surface area contributed by atoms with Crippen molar-refractivity contribution in [1.82, 2.24) is 10.2 Å². The van der Waals surface area contributed by atoms with E-state index in [1.165, 1.54) is 64.7 Å². The molecule has 0 atom stereocenters. The third-order valence-electron chi connectivity index (χ3n) is 4.84. The average Bonchev–Trinajstić information content (AvgIpc) is 2.72. The maximum Gasteiger partial charge on any atom is 0.00772 e. The molecule has 2 heteroatoms.